The number of rotatable bonds is 4. The van der Waals surface area contributed by atoms with Gasteiger partial charge >= 0.3 is 0 Å². The fourth-order valence-electron chi connectivity index (χ4n) is 5.54. The van der Waals surface area contributed by atoms with E-state index in [-0.39, 0.29) is 29.5 Å². The van der Waals surface area contributed by atoms with Gasteiger partial charge in [0.15, 0.2) is 0 Å². The third-order valence-electron chi connectivity index (χ3n) is 7.56. The fraction of sp³-hybridized carbons (Fsp3) is 0.478. The van der Waals surface area contributed by atoms with Gasteiger partial charge < -0.3 is 5.32 Å². The van der Waals surface area contributed by atoms with Gasteiger partial charge in [0, 0.05) is 32.6 Å². The number of imide groups is 2. The van der Waals surface area contributed by atoms with Crippen LogP contribution in [0.15, 0.2) is 24.4 Å². The standard InChI is InChI=1S/C23H25N7O4/c31-19-5-4-17(20(32)25-19)30-21(33)15-3-2-14(12-16(15)22(30)34)29-13-18(26-27-29)23(6-1-7-23)28-10-8-24-9-11-28/h2-3,12-13,17,24H,1,4-11H2,(H,25,31,32). The number of fused-ring (bicyclic) bond motifs is 1. The summed E-state index contributed by atoms with van der Waals surface area (Å²) in [6, 6.07) is 3.96. The molecule has 0 radical (unpaired) electrons. The van der Waals surface area contributed by atoms with Gasteiger partial charge in [-0.3, -0.25) is 34.3 Å². The summed E-state index contributed by atoms with van der Waals surface area (Å²) in [6.45, 7) is 3.86. The van der Waals surface area contributed by atoms with Crippen LogP contribution < -0.4 is 10.6 Å². The molecule has 0 spiro atoms. The van der Waals surface area contributed by atoms with Crippen molar-refractivity contribution in [3.63, 3.8) is 0 Å². The van der Waals surface area contributed by atoms with Crippen molar-refractivity contribution >= 4 is 23.6 Å². The zero-order valence-corrected chi connectivity index (χ0v) is 18.6. The maximum atomic E-state index is 13.1. The summed E-state index contributed by atoms with van der Waals surface area (Å²) < 4.78 is 1.64. The Morgan fingerprint density at radius 1 is 1.00 bits per heavy atom. The van der Waals surface area contributed by atoms with Crippen LogP contribution in [-0.4, -0.2) is 80.6 Å². The summed E-state index contributed by atoms with van der Waals surface area (Å²) in [7, 11) is 0. The second kappa shape index (κ2) is 7.81. The quantitative estimate of drug-likeness (QED) is 0.604. The Bertz CT molecular complexity index is 1210. The minimum absolute atomic E-state index is 0.0889. The van der Waals surface area contributed by atoms with Crippen molar-refractivity contribution in [2.75, 3.05) is 26.2 Å². The van der Waals surface area contributed by atoms with Crippen LogP contribution in [-0.2, 0) is 15.1 Å². The number of aromatic nitrogens is 3. The van der Waals surface area contributed by atoms with Gasteiger partial charge in [-0.25, -0.2) is 4.68 Å². The molecule has 1 aliphatic carbocycles. The second-order valence-corrected chi connectivity index (χ2v) is 9.35. The van der Waals surface area contributed by atoms with E-state index in [1.165, 1.54) is 0 Å². The molecule has 0 bridgehead atoms. The van der Waals surface area contributed by atoms with E-state index in [0.29, 0.717) is 5.69 Å². The van der Waals surface area contributed by atoms with Gasteiger partial charge in [-0.15, -0.1) is 5.10 Å². The average molecular weight is 463 g/mol. The Balaban J connectivity index is 1.28. The number of nitrogens with zero attached hydrogens (tertiary/aromatic N) is 5. The van der Waals surface area contributed by atoms with Crippen molar-refractivity contribution in [3.8, 4) is 5.69 Å². The normalized spacial score (nSPS) is 24.7. The summed E-state index contributed by atoms with van der Waals surface area (Å²) in [4.78, 5) is 53.3. The Morgan fingerprint density at radius 2 is 1.76 bits per heavy atom. The van der Waals surface area contributed by atoms with Crippen LogP contribution in [0.5, 0.6) is 0 Å². The van der Waals surface area contributed by atoms with Crippen LogP contribution >= 0.6 is 0 Å². The van der Waals surface area contributed by atoms with Crippen molar-refractivity contribution in [1.29, 1.82) is 0 Å². The SMILES string of the molecule is O=C1CCC(N2C(=O)c3ccc(-n4cc(C5(N6CCNCC6)CCC5)nn4)cc3C2=O)C(=O)N1. The maximum Gasteiger partial charge on any atom is 0.262 e. The number of piperidine rings is 1. The van der Waals surface area contributed by atoms with Gasteiger partial charge in [-0.2, -0.15) is 0 Å². The van der Waals surface area contributed by atoms with Gasteiger partial charge in [0.1, 0.15) is 11.7 Å². The molecule has 3 aliphatic heterocycles. The van der Waals surface area contributed by atoms with Crippen molar-refractivity contribution in [2.45, 2.75) is 43.7 Å². The highest BCUT2D eigenvalue weighted by atomic mass is 16.2. The summed E-state index contributed by atoms with van der Waals surface area (Å²) in [5, 5.41) is 14.4. The molecule has 2 aromatic rings. The zero-order valence-electron chi connectivity index (χ0n) is 18.6. The number of nitrogens with one attached hydrogen (secondary N) is 2. The lowest BCUT2D eigenvalue weighted by molar-refractivity contribution is -0.136. The van der Waals surface area contributed by atoms with E-state index in [0.717, 1.165) is 56.0 Å². The topological polar surface area (TPSA) is 130 Å². The van der Waals surface area contributed by atoms with E-state index in [1.807, 2.05) is 6.20 Å². The summed E-state index contributed by atoms with van der Waals surface area (Å²) in [5.41, 5.74) is 1.93. The minimum Gasteiger partial charge on any atom is -0.314 e. The van der Waals surface area contributed by atoms with Gasteiger partial charge in [-0.1, -0.05) is 5.21 Å². The molecule has 3 fully saturated rings. The first-order valence-corrected chi connectivity index (χ1v) is 11.7. The van der Waals surface area contributed by atoms with Crippen LogP contribution in [0.1, 0.15) is 58.5 Å². The van der Waals surface area contributed by atoms with Crippen molar-refractivity contribution in [2.24, 2.45) is 0 Å². The molecule has 11 heteroatoms. The van der Waals surface area contributed by atoms with Crippen LogP contribution in [0.25, 0.3) is 5.69 Å². The number of piperazine rings is 1. The van der Waals surface area contributed by atoms with E-state index < -0.39 is 29.7 Å². The van der Waals surface area contributed by atoms with E-state index >= 15 is 0 Å². The Hall–Kier alpha value is -3.44. The molecule has 1 unspecified atom stereocenters. The molecule has 11 nitrogen and oxygen atoms in total. The molecule has 4 heterocycles. The number of benzene rings is 1. The molecule has 2 N–H and O–H groups in total. The number of carbonyl (C=O) groups excluding carboxylic acids is 4. The summed E-state index contributed by atoms with van der Waals surface area (Å²) >= 11 is 0. The Kier molecular flexibility index (Phi) is 4.85. The highest BCUT2D eigenvalue weighted by Gasteiger charge is 2.47. The predicted octanol–water partition coefficient (Wildman–Crippen LogP) is -0.0471. The largest absolute Gasteiger partial charge is 0.314 e. The van der Waals surface area contributed by atoms with Gasteiger partial charge in [0.2, 0.25) is 11.8 Å². The van der Waals surface area contributed by atoms with E-state index in [1.54, 1.807) is 22.9 Å². The van der Waals surface area contributed by atoms with E-state index in [4.69, 9.17) is 0 Å². The van der Waals surface area contributed by atoms with Crippen LogP contribution in [0, 0.1) is 0 Å². The molecule has 4 aliphatic rings. The molecule has 34 heavy (non-hydrogen) atoms. The van der Waals surface area contributed by atoms with E-state index in [9.17, 15) is 19.2 Å². The highest BCUT2D eigenvalue weighted by Crippen LogP contribution is 2.45. The molecular weight excluding hydrogens is 438 g/mol. The summed E-state index contributed by atoms with van der Waals surface area (Å²) in [5.74, 6) is -2.07. The second-order valence-electron chi connectivity index (χ2n) is 9.35. The van der Waals surface area contributed by atoms with Crippen LogP contribution in [0.4, 0.5) is 0 Å². The van der Waals surface area contributed by atoms with Crippen molar-refractivity contribution < 1.29 is 19.2 Å². The molecule has 1 atom stereocenters. The molecule has 4 amide bonds. The monoisotopic (exact) mass is 463 g/mol. The minimum atomic E-state index is -0.982. The number of amides is 4. The Morgan fingerprint density at radius 3 is 2.47 bits per heavy atom. The first-order valence-electron chi connectivity index (χ1n) is 11.7. The first-order chi connectivity index (χ1) is 16.5. The lowest BCUT2D eigenvalue weighted by atomic mass is 9.73. The Labute approximate surface area is 195 Å². The van der Waals surface area contributed by atoms with Gasteiger partial charge in [0.25, 0.3) is 11.8 Å². The molecule has 176 valence electrons. The molecular formula is C23H25N7O4. The molecule has 6 rings (SSSR count). The number of hydrogen-bond acceptors (Lipinski definition) is 8. The van der Waals surface area contributed by atoms with Gasteiger partial charge in [0.05, 0.1) is 28.6 Å². The van der Waals surface area contributed by atoms with Crippen LogP contribution in [0.3, 0.4) is 0 Å². The molecule has 1 aromatic carbocycles. The van der Waals surface area contributed by atoms with E-state index in [2.05, 4.69) is 25.8 Å². The van der Waals surface area contributed by atoms with Crippen molar-refractivity contribution in [1.82, 2.24) is 35.4 Å². The summed E-state index contributed by atoms with van der Waals surface area (Å²) in [6.07, 6.45) is 5.38. The van der Waals surface area contributed by atoms with Crippen molar-refractivity contribution in [3.05, 3.63) is 41.2 Å². The number of carbonyl (C=O) groups is 4. The number of hydrogen-bond donors (Lipinski definition) is 2. The smallest absolute Gasteiger partial charge is 0.262 e. The molecule has 1 saturated carbocycles. The predicted molar refractivity (Wildman–Crippen MR) is 118 cm³/mol. The average Bonchev–Trinajstić information content (AvgIpc) is 3.38. The zero-order chi connectivity index (χ0) is 23.4. The third kappa shape index (κ3) is 3.11. The van der Waals surface area contributed by atoms with Gasteiger partial charge in [-0.05, 0) is 43.9 Å². The maximum absolute atomic E-state index is 13.1. The third-order valence-corrected chi connectivity index (χ3v) is 7.56. The molecule has 2 saturated heterocycles. The molecule has 1 aromatic heterocycles. The fourth-order valence-corrected chi connectivity index (χ4v) is 5.54. The highest BCUT2D eigenvalue weighted by molar-refractivity contribution is 6.23. The first kappa shape index (κ1) is 21.1. The van der Waals surface area contributed by atoms with Crippen LogP contribution in [0.2, 0.25) is 0 Å². The lowest BCUT2D eigenvalue weighted by Gasteiger charge is -2.50. The lowest BCUT2D eigenvalue weighted by Crippen LogP contribution is -2.57.